The molecular weight excluding hydrogens is 331 g/mol. The first-order valence-corrected chi connectivity index (χ1v) is 8.36. The highest BCUT2D eigenvalue weighted by Gasteiger charge is 2.28. The van der Waals surface area contributed by atoms with Crippen molar-refractivity contribution in [2.45, 2.75) is 17.9 Å². The Labute approximate surface area is 134 Å². The van der Waals surface area contributed by atoms with Gasteiger partial charge in [0.05, 0.1) is 5.02 Å². The molecular formula is C14H14Cl2N2O2S. The molecule has 0 aliphatic heterocycles. The Morgan fingerprint density at radius 1 is 1.24 bits per heavy atom. The van der Waals surface area contributed by atoms with Gasteiger partial charge in [-0.1, -0.05) is 35.3 Å². The van der Waals surface area contributed by atoms with Crippen molar-refractivity contribution in [3.05, 3.63) is 58.3 Å². The van der Waals surface area contributed by atoms with Crippen LogP contribution in [-0.2, 0) is 10.0 Å². The van der Waals surface area contributed by atoms with E-state index < -0.39 is 10.0 Å². The Morgan fingerprint density at radius 3 is 2.57 bits per heavy atom. The van der Waals surface area contributed by atoms with Crippen LogP contribution in [0.2, 0.25) is 10.0 Å². The molecule has 4 nitrogen and oxygen atoms in total. The molecule has 2 rings (SSSR count). The lowest BCUT2D eigenvalue weighted by molar-refractivity contribution is 0.398. The summed E-state index contributed by atoms with van der Waals surface area (Å²) in [5, 5.41) is 0.708. The minimum Gasteiger partial charge on any atom is -0.263 e. The van der Waals surface area contributed by atoms with Gasteiger partial charge in [-0.3, -0.25) is 4.98 Å². The molecule has 1 aromatic heterocycles. The minimum atomic E-state index is -3.73. The van der Waals surface area contributed by atoms with E-state index in [1.54, 1.807) is 25.1 Å². The molecule has 112 valence electrons. The van der Waals surface area contributed by atoms with Crippen molar-refractivity contribution < 1.29 is 8.42 Å². The number of halogens is 2. The molecule has 0 N–H and O–H groups in total. The number of nitrogens with zero attached hydrogens (tertiary/aromatic N) is 2. The number of hydrogen-bond donors (Lipinski definition) is 0. The highest BCUT2D eigenvalue weighted by molar-refractivity contribution is 7.89. The highest BCUT2D eigenvalue weighted by atomic mass is 35.5. The SMILES string of the molecule is CC(c1cccc(Cl)c1)N(C)S(=O)(=O)c1cnccc1Cl. The molecule has 7 heteroatoms. The Morgan fingerprint density at radius 2 is 1.95 bits per heavy atom. The first kappa shape index (κ1) is 16.2. The third kappa shape index (κ3) is 3.37. The van der Waals surface area contributed by atoms with Crippen molar-refractivity contribution >= 4 is 33.2 Å². The van der Waals surface area contributed by atoms with Gasteiger partial charge in [-0.2, -0.15) is 4.31 Å². The zero-order valence-electron chi connectivity index (χ0n) is 11.5. The van der Waals surface area contributed by atoms with Crippen LogP contribution in [0.3, 0.4) is 0 Å². The Balaban J connectivity index is 2.39. The van der Waals surface area contributed by atoms with Crippen molar-refractivity contribution in [2.75, 3.05) is 7.05 Å². The molecule has 0 bridgehead atoms. The number of benzene rings is 1. The van der Waals surface area contributed by atoms with Gasteiger partial charge < -0.3 is 0 Å². The van der Waals surface area contributed by atoms with Gasteiger partial charge in [0, 0.05) is 30.5 Å². The summed E-state index contributed by atoms with van der Waals surface area (Å²) in [6.07, 6.45) is 2.70. The molecule has 1 aromatic carbocycles. The van der Waals surface area contributed by atoms with Gasteiger partial charge in [-0.25, -0.2) is 8.42 Å². The number of pyridine rings is 1. The smallest absolute Gasteiger partial charge is 0.246 e. The van der Waals surface area contributed by atoms with E-state index in [-0.39, 0.29) is 16.0 Å². The molecule has 1 unspecified atom stereocenters. The van der Waals surface area contributed by atoms with Gasteiger partial charge in [0.1, 0.15) is 4.90 Å². The zero-order chi connectivity index (χ0) is 15.6. The number of sulfonamides is 1. The van der Waals surface area contributed by atoms with E-state index in [9.17, 15) is 8.42 Å². The van der Waals surface area contributed by atoms with E-state index in [0.29, 0.717) is 5.02 Å². The fourth-order valence-corrected chi connectivity index (χ4v) is 3.85. The van der Waals surface area contributed by atoms with Crippen molar-refractivity contribution in [3.8, 4) is 0 Å². The first-order valence-electron chi connectivity index (χ1n) is 6.17. The van der Waals surface area contributed by atoms with E-state index >= 15 is 0 Å². The largest absolute Gasteiger partial charge is 0.263 e. The Hall–Kier alpha value is -1.14. The van der Waals surface area contributed by atoms with Gasteiger partial charge in [0.25, 0.3) is 0 Å². The predicted molar refractivity (Wildman–Crippen MR) is 84.1 cm³/mol. The summed E-state index contributed by atoms with van der Waals surface area (Å²) in [5.74, 6) is 0. The summed E-state index contributed by atoms with van der Waals surface area (Å²) in [6, 6.07) is 8.16. The van der Waals surface area contributed by atoms with Gasteiger partial charge >= 0.3 is 0 Å². The van der Waals surface area contributed by atoms with E-state index in [1.165, 1.54) is 29.8 Å². The lowest BCUT2D eigenvalue weighted by Crippen LogP contribution is -2.30. The topological polar surface area (TPSA) is 50.3 Å². The van der Waals surface area contributed by atoms with Gasteiger partial charge in [0.2, 0.25) is 10.0 Å². The standard InChI is InChI=1S/C14H14Cl2N2O2S/c1-10(11-4-3-5-12(15)8-11)18(2)21(19,20)14-9-17-7-6-13(14)16/h3-10H,1-2H3. The van der Waals surface area contributed by atoms with Crippen molar-refractivity contribution in [3.63, 3.8) is 0 Å². The Kier molecular flexibility index (Phi) is 4.88. The molecule has 0 amide bonds. The molecule has 1 atom stereocenters. The Bertz CT molecular complexity index is 750. The lowest BCUT2D eigenvalue weighted by atomic mass is 10.1. The van der Waals surface area contributed by atoms with E-state index in [0.717, 1.165) is 5.56 Å². The maximum absolute atomic E-state index is 12.6. The summed E-state index contributed by atoms with van der Waals surface area (Å²) in [6.45, 7) is 1.79. The molecule has 2 aromatic rings. The second kappa shape index (κ2) is 6.32. The summed E-state index contributed by atoms with van der Waals surface area (Å²) >= 11 is 11.9. The summed E-state index contributed by atoms with van der Waals surface area (Å²) in [7, 11) is -2.23. The molecule has 0 saturated heterocycles. The van der Waals surface area contributed by atoms with Crippen LogP contribution >= 0.6 is 23.2 Å². The first-order chi connectivity index (χ1) is 9.84. The normalized spacial score (nSPS) is 13.4. The van der Waals surface area contributed by atoms with Crippen LogP contribution in [0.1, 0.15) is 18.5 Å². The third-order valence-corrected chi connectivity index (χ3v) is 5.90. The van der Waals surface area contributed by atoms with Crippen molar-refractivity contribution in [1.82, 2.24) is 9.29 Å². The molecule has 0 aliphatic rings. The summed E-state index contributed by atoms with van der Waals surface area (Å²) in [5.41, 5.74) is 0.800. The monoisotopic (exact) mass is 344 g/mol. The van der Waals surface area contributed by atoms with E-state index in [4.69, 9.17) is 23.2 Å². The second-order valence-electron chi connectivity index (χ2n) is 4.56. The van der Waals surface area contributed by atoms with Gasteiger partial charge in [-0.05, 0) is 30.7 Å². The van der Waals surface area contributed by atoms with Crippen LogP contribution < -0.4 is 0 Å². The highest BCUT2D eigenvalue weighted by Crippen LogP contribution is 2.29. The quantitative estimate of drug-likeness (QED) is 0.848. The average Bonchev–Trinajstić information content (AvgIpc) is 2.46. The van der Waals surface area contributed by atoms with Gasteiger partial charge in [-0.15, -0.1) is 0 Å². The molecule has 0 radical (unpaired) electrons. The zero-order valence-corrected chi connectivity index (χ0v) is 13.8. The van der Waals surface area contributed by atoms with Crippen LogP contribution in [0.5, 0.6) is 0 Å². The van der Waals surface area contributed by atoms with E-state index in [1.807, 2.05) is 6.07 Å². The second-order valence-corrected chi connectivity index (χ2v) is 7.37. The lowest BCUT2D eigenvalue weighted by Gasteiger charge is -2.25. The van der Waals surface area contributed by atoms with Crippen LogP contribution in [0.4, 0.5) is 0 Å². The molecule has 0 spiro atoms. The molecule has 0 aliphatic carbocycles. The predicted octanol–water partition coefficient (Wildman–Crippen LogP) is 3.77. The minimum absolute atomic E-state index is 0.0111. The number of aromatic nitrogens is 1. The van der Waals surface area contributed by atoms with Crippen LogP contribution in [-0.4, -0.2) is 24.8 Å². The fourth-order valence-electron chi connectivity index (χ4n) is 1.89. The van der Waals surface area contributed by atoms with Crippen LogP contribution in [0, 0.1) is 0 Å². The summed E-state index contributed by atoms with van der Waals surface area (Å²) < 4.78 is 26.5. The molecule has 0 saturated carbocycles. The molecule has 0 fully saturated rings. The summed E-state index contributed by atoms with van der Waals surface area (Å²) in [4.78, 5) is 3.82. The third-order valence-electron chi connectivity index (χ3n) is 3.27. The molecule has 21 heavy (non-hydrogen) atoms. The van der Waals surface area contributed by atoms with Gasteiger partial charge in [0.15, 0.2) is 0 Å². The van der Waals surface area contributed by atoms with Crippen molar-refractivity contribution in [2.24, 2.45) is 0 Å². The van der Waals surface area contributed by atoms with E-state index in [2.05, 4.69) is 4.98 Å². The van der Waals surface area contributed by atoms with Crippen molar-refractivity contribution in [1.29, 1.82) is 0 Å². The maximum atomic E-state index is 12.6. The molecule has 1 heterocycles. The number of hydrogen-bond acceptors (Lipinski definition) is 3. The van der Waals surface area contributed by atoms with Crippen LogP contribution in [0.15, 0.2) is 47.6 Å². The van der Waals surface area contributed by atoms with Crippen LogP contribution in [0.25, 0.3) is 0 Å². The average molecular weight is 345 g/mol. The maximum Gasteiger partial charge on any atom is 0.246 e. The number of rotatable bonds is 4. The fraction of sp³-hybridized carbons (Fsp3) is 0.214.